The molecule has 2 rings (SSSR count). The number of para-hydroxylation sites is 1. The van der Waals surface area contributed by atoms with E-state index in [9.17, 15) is 22.0 Å². The van der Waals surface area contributed by atoms with Gasteiger partial charge in [0.1, 0.15) is 5.69 Å². The van der Waals surface area contributed by atoms with Gasteiger partial charge in [0.05, 0.1) is 6.04 Å². The third-order valence-corrected chi connectivity index (χ3v) is 3.03. The molecule has 0 aliphatic heterocycles. The number of hydrogen-bond acceptors (Lipinski definition) is 2. The lowest BCUT2D eigenvalue weighted by atomic mass is 10.1. The van der Waals surface area contributed by atoms with Crippen LogP contribution in [0.25, 0.3) is 0 Å². The Kier molecular flexibility index (Phi) is 4.02. The van der Waals surface area contributed by atoms with Gasteiger partial charge in [-0.2, -0.15) is 0 Å². The van der Waals surface area contributed by atoms with Crippen LogP contribution < -0.4 is 11.1 Å². The molecule has 0 spiro atoms. The topological polar surface area (TPSA) is 38.0 Å². The standard InChI is InChI=1S/C14H11F5N2/c1-6(7-4-2-3-5-8(7)20)21-14-12(18)10(16)9(15)11(17)13(14)19/h2-6,21H,20H2,1H3. The molecule has 0 aromatic heterocycles. The third-order valence-electron chi connectivity index (χ3n) is 3.03. The van der Waals surface area contributed by atoms with Gasteiger partial charge >= 0.3 is 0 Å². The second-order valence-corrected chi connectivity index (χ2v) is 4.44. The number of nitrogen functional groups attached to an aromatic ring is 1. The van der Waals surface area contributed by atoms with Crippen molar-refractivity contribution in [3.8, 4) is 0 Å². The van der Waals surface area contributed by atoms with Crippen molar-refractivity contribution in [1.82, 2.24) is 0 Å². The van der Waals surface area contributed by atoms with Crippen molar-refractivity contribution in [2.45, 2.75) is 13.0 Å². The summed E-state index contributed by atoms with van der Waals surface area (Å²) in [6.45, 7) is 1.49. The second-order valence-electron chi connectivity index (χ2n) is 4.44. The summed E-state index contributed by atoms with van der Waals surface area (Å²) in [5.41, 5.74) is 5.43. The van der Waals surface area contributed by atoms with Crippen molar-refractivity contribution >= 4 is 11.4 Å². The predicted molar refractivity (Wildman–Crippen MR) is 69.1 cm³/mol. The average molecular weight is 302 g/mol. The number of benzene rings is 2. The molecule has 1 unspecified atom stereocenters. The summed E-state index contributed by atoms with van der Waals surface area (Å²) in [4.78, 5) is 0. The number of halogens is 5. The zero-order valence-corrected chi connectivity index (χ0v) is 10.9. The van der Waals surface area contributed by atoms with Crippen molar-refractivity contribution < 1.29 is 22.0 Å². The molecule has 2 aromatic carbocycles. The Morgan fingerprint density at radius 3 is 1.86 bits per heavy atom. The second kappa shape index (κ2) is 5.59. The lowest BCUT2D eigenvalue weighted by Gasteiger charge is -2.19. The largest absolute Gasteiger partial charge is 0.398 e. The number of nitrogens with one attached hydrogen (secondary N) is 1. The molecule has 0 aliphatic rings. The van der Waals surface area contributed by atoms with Crippen LogP contribution in [0.15, 0.2) is 24.3 Å². The zero-order valence-electron chi connectivity index (χ0n) is 10.9. The third kappa shape index (κ3) is 2.63. The molecule has 0 aliphatic carbocycles. The van der Waals surface area contributed by atoms with Crippen LogP contribution in [0.3, 0.4) is 0 Å². The quantitative estimate of drug-likeness (QED) is 0.387. The van der Waals surface area contributed by atoms with Gasteiger partial charge in [0, 0.05) is 5.69 Å². The first-order chi connectivity index (χ1) is 9.84. The summed E-state index contributed by atoms with van der Waals surface area (Å²) in [7, 11) is 0. The molecule has 0 saturated carbocycles. The summed E-state index contributed by atoms with van der Waals surface area (Å²) in [5.74, 6) is -10.0. The molecule has 0 amide bonds. The van der Waals surface area contributed by atoms with Crippen LogP contribution >= 0.6 is 0 Å². The van der Waals surface area contributed by atoms with Gasteiger partial charge in [-0.15, -0.1) is 0 Å². The van der Waals surface area contributed by atoms with E-state index in [1.807, 2.05) is 0 Å². The summed E-state index contributed by atoms with van der Waals surface area (Å²) in [6.07, 6.45) is 0. The lowest BCUT2D eigenvalue weighted by Crippen LogP contribution is -2.14. The first-order valence-corrected chi connectivity index (χ1v) is 5.97. The van der Waals surface area contributed by atoms with Crippen LogP contribution in [-0.2, 0) is 0 Å². The van der Waals surface area contributed by atoms with Gasteiger partial charge in [-0.05, 0) is 18.6 Å². The van der Waals surface area contributed by atoms with Gasteiger partial charge in [0.2, 0.25) is 5.82 Å². The van der Waals surface area contributed by atoms with Gasteiger partial charge in [-0.3, -0.25) is 0 Å². The number of hydrogen-bond donors (Lipinski definition) is 2. The average Bonchev–Trinajstić information content (AvgIpc) is 2.48. The SMILES string of the molecule is CC(Nc1c(F)c(F)c(F)c(F)c1F)c1ccccc1N. The van der Waals surface area contributed by atoms with E-state index in [2.05, 4.69) is 5.32 Å². The normalized spacial score (nSPS) is 12.3. The van der Waals surface area contributed by atoms with E-state index in [1.165, 1.54) is 6.92 Å². The Labute approximate surface area is 117 Å². The Hall–Kier alpha value is -2.31. The Balaban J connectivity index is 2.43. The molecule has 0 fully saturated rings. The number of rotatable bonds is 3. The maximum Gasteiger partial charge on any atom is 0.200 e. The van der Waals surface area contributed by atoms with Gasteiger partial charge in [-0.1, -0.05) is 18.2 Å². The van der Waals surface area contributed by atoms with Crippen LogP contribution in [0, 0.1) is 29.1 Å². The molecule has 3 N–H and O–H groups in total. The highest BCUT2D eigenvalue weighted by molar-refractivity contribution is 5.54. The summed E-state index contributed by atoms with van der Waals surface area (Å²) >= 11 is 0. The highest BCUT2D eigenvalue weighted by Crippen LogP contribution is 2.31. The van der Waals surface area contributed by atoms with E-state index >= 15 is 0 Å². The Bertz CT molecular complexity index is 658. The zero-order chi connectivity index (χ0) is 15.7. The van der Waals surface area contributed by atoms with Gasteiger partial charge in [0.25, 0.3) is 0 Å². The first kappa shape index (κ1) is 15.1. The fourth-order valence-electron chi connectivity index (χ4n) is 1.93. The van der Waals surface area contributed by atoms with Crippen molar-refractivity contribution in [3.05, 3.63) is 58.9 Å². The molecule has 0 bridgehead atoms. The Morgan fingerprint density at radius 1 is 0.857 bits per heavy atom. The summed E-state index contributed by atoms with van der Waals surface area (Å²) < 4.78 is 66.3. The molecule has 0 radical (unpaired) electrons. The van der Waals surface area contributed by atoms with Crippen molar-refractivity contribution in [1.29, 1.82) is 0 Å². The molecule has 1 atom stereocenters. The molecule has 0 heterocycles. The minimum atomic E-state index is -2.19. The van der Waals surface area contributed by atoms with Crippen LogP contribution in [0.5, 0.6) is 0 Å². The minimum Gasteiger partial charge on any atom is -0.398 e. The van der Waals surface area contributed by atoms with Crippen LogP contribution in [-0.4, -0.2) is 0 Å². The van der Waals surface area contributed by atoms with Gasteiger partial charge in [0.15, 0.2) is 23.3 Å². The lowest BCUT2D eigenvalue weighted by molar-refractivity contribution is 0.381. The van der Waals surface area contributed by atoms with E-state index in [-0.39, 0.29) is 0 Å². The highest BCUT2D eigenvalue weighted by atomic mass is 19.2. The molecule has 7 heteroatoms. The Morgan fingerprint density at radius 2 is 1.33 bits per heavy atom. The van der Waals surface area contributed by atoms with E-state index in [1.54, 1.807) is 24.3 Å². The fraction of sp³-hybridized carbons (Fsp3) is 0.143. The predicted octanol–water partition coefficient (Wildman–Crippen LogP) is 4.14. The summed E-state index contributed by atoms with van der Waals surface area (Å²) in [6, 6.07) is 5.69. The van der Waals surface area contributed by atoms with Crippen molar-refractivity contribution in [3.63, 3.8) is 0 Å². The van der Waals surface area contributed by atoms with Gasteiger partial charge < -0.3 is 11.1 Å². The molecular weight excluding hydrogens is 291 g/mol. The molecule has 21 heavy (non-hydrogen) atoms. The maximum atomic E-state index is 13.6. The van der Waals surface area contributed by atoms with E-state index in [0.29, 0.717) is 11.3 Å². The fourth-order valence-corrected chi connectivity index (χ4v) is 1.93. The van der Waals surface area contributed by atoms with Crippen LogP contribution in [0.1, 0.15) is 18.5 Å². The van der Waals surface area contributed by atoms with Gasteiger partial charge in [-0.25, -0.2) is 22.0 Å². The summed E-state index contributed by atoms with van der Waals surface area (Å²) in [5, 5.41) is 2.27. The van der Waals surface area contributed by atoms with E-state index < -0.39 is 40.8 Å². The molecule has 0 saturated heterocycles. The maximum absolute atomic E-state index is 13.6. The minimum absolute atomic E-state index is 0.335. The molecule has 2 nitrogen and oxygen atoms in total. The smallest absolute Gasteiger partial charge is 0.200 e. The van der Waals surface area contributed by atoms with Crippen molar-refractivity contribution in [2.24, 2.45) is 0 Å². The van der Waals surface area contributed by atoms with Crippen molar-refractivity contribution in [2.75, 3.05) is 11.1 Å². The van der Waals surface area contributed by atoms with Crippen LogP contribution in [0.2, 0.25) is 0 Å². The van der Waals surface area contributed by atoms with E-state index in [0.717, 1.165) is 0 Å². The molecule has 2 aromatic rings. The molecule has 112 valence electrons. The van der Waals surface area contributed by atoms with E-state index in [4.69, 9.17) is 5.73 Å². The molecular formula is C14H11F5N2. The highest BCUT2D eigenvalue weighted by Gasteiger charge is 2.26. The first-order valence-electron chi connectivity index (χ1n) is 5.97. The number of anilines is 2. The monoisotopic (exact) mass is 302 g/mol. The number of nitrogens with two attached hydrogens (primary N) is 1. The van der Waals surface area contributed by atoms with Crippen LogP contribution in [0.4, 0.5) is 33.3 Å².